The van der Waals surface area contributed by atoms with E-state index in [1.165, 1.54) is 47.5 Å². The number of pyridine rings is 1. The van der Waals surface area contributed by atoms with Crippen LogP contribution >= 0.6 is 0 Å². The van der Waals surface area contributed by atoms with Crippen LogP contribution in [0.1, 0.15) is 49.0 Å². The summed E-state index contributed by atoms with van der Waals surface area (Å²) in [5.74, 6) is -0.160. The highest BCUT2D eigenvalue weighted by atomic mass is 16.5. The quantitative estimate of drug-likeness (QED) is 0.249. The van der Waals surface area contributed by atoms with Gasteiger partial charge in [0.2, 0.25) is 11.8 Å². The van der Waals surface area contributed by atoms with Crippen LogP contribution in [0.15, 0.2) is 47.3 Å². The van der Waals surface area contributed by atoms with E-state index in [4.69, 9.17) is 4.74 Å². The van der Waals surface area contributed by atoms with Crippen LogP contribution in [0.3, 0.4) is 0 Å². The number of carbonyl (C=O) groups is 4. The Bertz CT molecular complexity index is 1330. The van der Waals surface area contributed by atoms with Crippen molar-refractivity contribution in [2.75, 3.05) is 19.0 Å². The molecule has 0 radical (unpaired) electrons. The van der Waals surface area contributed by atoms with Gasteiger partial charge in [-0.2, -0.15) is 0 Å². The minimum absolute atomic E-state index is 0.0106. The van der Waals surface area contributed by atoms with E-state index >= 15 is 0 Å². The molecule has 2 aromatic rings. The predicted molar refractivity (Wildman–Crippen MR) is 146 cm³/mol. The fourth-order valence-electron chi connectivity index (χ4n) is 5.63. The number of rotatable bonds is 13. The van der Waals surface area contributed by atoms with Gasteiger partial charge in [-0.1, -0.05) is 12.5 Å². The van der Waals surface area contributed by atoms with Crippen molar-refractivity contribution >= 4 is 29.7 Å². The van der Waals surface area contributed by atoms with Gasteiger partial charge in [-0.05, 0) is 56.1 Å². The molecule has 2 fully saturated rings. The number of hydrogen-bond donors (Lipinski definition) is 3. The minimum Gasteiger partial charge on any atom is -0.380 e. The van der Waals surface area contributed by atoms with Crippen LogP contribution in [-0.2, 0) is 32.7 Å². The molecule has 4 rings (SSSR count). The molecule has 0 saturated heterocycles. The number of carbonyl (C=O) groups excluding carboxylic acids is 4. The SMILES string of the molecule is COC/C(C=O)=C/CC[C@H](NC(=O)c1cncn1C)C(=O)Nc1cccn(CC(=O)N[C@@H]2CC3CCC2C3)c1=O. The largest absolute Gasteiger partial charge is 0.380 e. The fraction of sp³-hybridized carbons (Fsp3) is 0.500. The van der Waals surface area contributed by atoms with Crippen LogP contribution in [-0.4, -0.2) is 63.9 Å². The first-order chi connectivity index (χ1) is 19.3. The van der Waals surface area contributed by atoms with Gasteiger partial charge in [-0.3, -0.25) is 24.0 Å². The third kappa shape index (κ3) is 7.12. The Hall–Kier alpha value is -4.06. The van der Waals surface area contributed by atoms with Gasteiger partial charge < -0.3 is 29.8 Å². The maximum atomic E-state index is 13.3. The third-order valence-electron chi connectivity index (χ3n) is 7.67. The molecule has 12 heteroatoms. The second-order valence-corrected chi connectivity index (χ2v) is 10.5. The summed E-state index contributed by atoms with van der Waals surface area (Å²) in [6.07, 6.45) is 11.6. The standard InChI is InChI=1S/C28H36N6O6/c1-33-17-29-13-24(33)27(38)31-21(6-3-5-19(15-35)16-40-2)26(37)32-22-7-4-10-34(28(22)39)14-25(36)30-23-12-18-8-9-20(23)11-18/h4-5,7,10,13,15,17-18,20-21,23H,3,6,8-9,11-12,14,16H2,1-2H3,(H,30,36)(H,31,38)(H,32,37)/b19-5+/t18?,20?,21-,23+/m0/s1. The number of aryl methyl sites for hydroxylation is 1. The molecule has 0 spiro atoms. The lowest BCUT2D eigenvalue weighted by Gasteiger charge is -2.23. The molecular formula is C28H36N6O6. The third-order valence-corrected chi connectivity index (χ3v) is 7.67. The summed E-state index contributed by atoms with van der Waals surface area (Å²) >= 11 is 0. The van der Waals surface area contributed by atoms with Crippen LogP contribution < -0.4 is 21.5 Å². The van der Waals surface area contributed by atoms with Crippen molar-refractivity contribution in [3.05, 3.63) is 58.6 Å². The number of fused-ring (bicyclic) bond motifs is 2. The Labute approximate surface area is 232 Å². The first-order valence-corrected chi connectivity index (χ1v) is 13.5. The number of aldehydes is 1. The molecule has 214 valence electrons. The maximum absolute atomic E-state index is 13.3. The molecule has 3 N–H and O–H groups in total. The van der Waals surface area contributed by atoms with Crippen LogP contribution in [0.25, 0.3) is 0 Å². The summed E-state index contributed by atoms with van der Waals surface area (Å²) in [5.41, 5.74) is 0.126. The average Bonchev–Trinajstić information content (AvgIpc) is 3.67. The highest BCUT2D eigenvalue weighted by molar-refractivity contribution is 6.00. The zero-order chi connectivity index (χ0) is 28.6. The summed E-state index contributed by atoms with van der Waals surface area (Å²) in [7, 11) is 3.12. The zero-order valence-electron chi connectivity index (χ0n) is 22.8. The van der Waals surface area contributed by atoms with Crippen molar-refractivity contribution in [1.29, 1.82) is 0 Å². The number of anilines is 1. The number of allylic oxidation sites excluding steroid dienone is 1. The Morgan fingerprint density at radius 3 is 2.73 bits per heavy atom. The molecule has 2 aromatic heterocycles. The Kier molecular flexibility index (Phi) is 9.65. The van der Waals surface area contributed by atoms with Crippen molar-refractivity contribution in [3.63, 3.8) is 0 Å². The number of nitrogens with one attached hydrogen (secondary N) is 3. The van der Waals surface area contributed by atoms with E-state index in [0.29, 0.717) is 30.1 Å². The van der Waals surface area contributed by atoms with E-state index < -0.39 is 23.4 Å². The van der Waals surface area contributed by atoms with Crippen molar-refractivity contribution in [1.82, 2.24) is 24.8 Å². The number of amides is 3. The Balaban J connectivity index is 1.43. The molecule has 2 bridgehead atoms. The summed E-state index contributed by atoms with van der Waals surface area (Å²) in [6, 6.07) is 2.16. The van der Waals surface area contributed by atoms with Crippen LogP contribution in [0.5, 0.6) is 0 Å². The minimum atomic E-state index is -1.02. The molecule has 3 amide bonds. The second-order valence-electron chi connectivity index (χ2n) is 10.5. The lowest BCUT2D eigenvalue weighted by molar-refractivity contribution is -0.122. The van der Waals surface area contributed by atoms with E-state index in [1.807, 2.05) is 0 Å². The van der Waals surface area contributed by atoms with Gasteiger partial charge in [0.25, 0.3) is 11.5 Å². The lowest BCUT2D eigenvalue weighted by atomic mass is 9.95. The number of ether oxygens (including phenoxy) is 1. The summed E-state index contributed by atoms with van der Waals surface area (Å²) < 4.78 is 7.76. The molecule has 2 aliphatic carbocycles. The molecule has 2 saturated carbocycles. The second kappa shape index (κ2) is 13.3. The molecule has 0 aromatic carbocycles. The fourth-order valence-corrected chi connectivity index (χ4v) is 5.63. The summed E-state index contributed by atoms with van der Waals surface area (Å²) in [6.45, 7) is -0.0310. The van der Waals surface area contributed by atoms with E-state index in [0.717, 1.165) is 19.3 Å². The first kappa shape index (κ1) is 28.9. The summed E-state index contributed by atoms with van der Waals surface area (Å²) in [5, 5.41) is 8.37. The van der Waals surface area contributed by atoms with Gasteiger partial charge in [-0.15, -0.1) is 0 Å². The zero-order valence-corrected chi connectivity index (χ0v) is 22.8. The van der Waals surface area contributed by atoms with Gasteiger partial charge >= 0.3 is 0 Å². The molecule has 2 heterocycles. The normalized spacial score (nSPS) is 20.6. The van der Waals surface area contributed by atoms with Crippen molar-refractivity contribution < 1.29 is 23.9 Å². The number of hydrogen-bond acceptors (Lipinski definition) is 7. The molecule has 4 atom stereocenters. The van der Waals surface area contributed by atoms with Crippen LogP contribution in [0.4, 0.5) is 5.69 Å². The van der Waals surface area contributed by atoms with Gasteiger partial charge in [0, 0.05) is 32.0 Å². The van der Waals surface area contributed by atoms with Gasteiger partial charge in [0.1, 0.15) is 30.3 Å². The molecule has 2 unspecified atom stereocenters. The highest BCUT2D eigenvalue weighted by Crippen LogP contribution is 2.44. The van der Waals surface area contributed by atoms with Crippen LogP contribution in [0, 0.1) is 11.8 Å². The topological polar surface area (TPSA) is 153 Å². The molecule has 40 heavy (non-hydrogen) atoms. The lowest BCUT2D eigenvalue weighted by Crippen LogP contribution is -2.45. The average molecular weight is 553 g/mol. The molecule has 12 nitrogen and oxygen atoms in total. The monoisotopic (exact) mass is 552 g/mol. The van der Waals surface area contributed by atoms with Crippen molar-refractivity contribution in [2.24, 2.45) is 18.9 Å². The first-order valence-electron chi connectivity index (χ1n) is 13.5. The van der Waals surface area contributed by atoms with E-state index in [2.05, 4.69) is 20.9 Å². The van der Waals surface area contributed by atoms with Crippen molar-refractivity contribution in [3.8, 4) is 0 Å². The highest BCUT2D eigenvalue weighted by Gasteiger charge is 2.40. The number of imidazole rings is 1. The predicted octanol–water partition coefficient (Wildman–Crippen LogP) is 1.18. The Morgan fingerprint density at radius 1 is 1.25 bits per heavy atom. The van der Waals surface area contributed by atoms with Crippen molar-refractivity contribution in [2.45, 2.75) is 57.2 Å². The van der Waals surface area contributed by atoms with Gasteiger partial charge in [-0.25, -0.2) is 4.98 Å². The molecule has 2 aliphatic rings. The molecule has 0 aliphatic heterocycles. The molecular weight excluding hydrogens is 516 g/mol. The van der Waals surface area contributed by atoms with Gasteiger partial charge in [0.15, 0.2) is 0 Å². The van der Waals surface area contributed by atoms with Gasteiger partial charge in [0.05, 0.1) is 19.1 Å². The summed E-state index contributed by atoms with van der Waals surface area (Å²) in [4.78, 5) is 67.0. The number of methoxy groups -OCH3 is 1. The maximum Gasteiger partial charge on any atom is 0.274 e. The van der Waals surface area contributed by atoms with E-state index in [1.54, 1.807) is 19.2 Å². The van der Waals surface area contributed by atoms with E-state index in [9.17, 15) is 24.0 Å². The number of aromatic nitrogens is 3. The van der Waals surface area contributed by atoms with Crippen LogP contribution in [0.2, 0.25) is 0 Å². The van der Waals surface area contributed by atoms with E-state index in [-0.39, 0.29) is 42.9 Å². The number of nitrogens with zero attached hydrogens (tertiary/aromatic N) is 3. The smallest absolute Gasteiger partial charge is 0.274 e. The Morgan fingerprint density at radius 2 is 2.08 bits per heavy atom.